The van der Waals surface area contributed by atoms with Crippen molar-refractivity contribution in [3.8, 4) is 0 Å². The van der Waals surface area contributed by atoms with Gasteiger partial charge in [-0.2, -0.15) is 0 Å². The molecule has 12 atom stereocenters. The van der Waals surface area contributed by atoms with Gasteiger partial charge in [0.25, 0.3) is 0 Å². The van der Waals surface area contributed by atoms with E-state index in [4.69, 9.17) is 18.9 Å². The van der Waals surface area contributed by atoms with Gasteiger partial charge < -0.3 is 65.1 Å². The molecule has 0 radical (unpaired) electrons. The topological polar surface area (TPSA) is 228 Å². The van der Waals surface area contributed by atoms with Gasteiger partial charge >= 0.3 is 0 Å². The standard InChI is InChI=1S/C77H139NO13/c1-3-5-7-9-11-13-15-17-19-21-23-25-27-29-31-33-35-37-39-41-43-45-47-49-51-53-55-57-59-61-69(82)78-65(64-88-76-74(87)72(85)75(68(63-80)90-76)91-77-73(86)71(84)70(83)67(62-79)89-77)66(81)60-58-56-54-52-50-48-46-44-42-40-38-36-34-32-30-28-26-24-22-20-18-16-14-12-10-8-6-4-2/h5,7,11,13,17,19,23,25,29,31,35,37,65-68,70-77,79-81,83-87H,3-4,6,8-10,12,14-16,18,20-22,24,26-28,30,32-34,36,38-64H2,1-2H3,(H,78,82)/b7-5-,13-11-,19-17-,25-23-,31-29-,37-35-. The van der Waals surface area contributed by atoms with Crippen LogP contribution in [-0.2, 0) is 23.7 Å². The van der Waals surface area contributed by atoms with Crippen LogP contribution in [0.2, 0.25) is 0 Å². The number of carbonyl (C=O) groups is 1. The third-order valence-electron chi connectivity index (χ3n) is 18.2. The largest absolute Gasteiger partial charge is 0.394 e. The predicted octanol–water partition coefficient (Wildman–Crippen LogP) is 16.2. The molecular weight excluding hydrogens is 1150 g/mol. The van der Waals surface area contributed by atoms with Crippen LogP contribution in [0, 0.1) is 0 Å². The molecule has 14 nitrogen and oxygen atoms in total. The molecule has 2 aliphatic heterocycles. The molecule has 0 spiro atoms. The number of hydrogen-bond donors (Lipinski definition) is 9. The summed E-state index contributed by atoms with van der Waals surface area (Å²) in [5, 5.41) is 87.8. The molecule has 2 aliphatic rings. The van der Waals surface area contributed by atoms with Gasteiger partial charge in [-0.25, -0.2) is 0 Å². The van der Waals surface area contributed by atoms with E-state index in [1.165, 1.54) is 193 Å². The highest BCUT2D eigenvalue weighted by molar-refractivity contribution is 5.76. The van der Waals surface area contributed by atoms with Gasteiger partial charge in [0.1, 0.15) is 48.8 Å². The molecule has 2 saturated heterocycles. The summed E-state index contributed by atoms with van der Waals surface area (Å²) in [7, 11) is 0. The molecule has 0 saturated carbocycles. The van der Waals surface area contributed by atoms with E-state index in [2.05, 4.69) is 92.1 Å². The molecule has 0 aromatic rings. The summed E-state index contributed by atoms with van der Waals surface area (Å²) in [5.74, 6) is -0.210. The zero-order valence-electron chi connectivity index (χ0n) is 57.8. The number of aliphatic hydroxyl groups excluding tert-OH is 8. The van der Waals surface area contributed by atoms with E-state index in [0.717, 1.165) is 89.9 Å². The Bertz CT molecular complexity index is 1800. The normalized spacial score (nSPS) is 23.2. The summed E-state index contributed by atoms with van der Waals surface area (Å²) in [6, 6.07) is -0.837. The lowest BCUT2D eigenvalue weighted by atomic mass is 9.97. The zero-order chi connectivity index (χ0) is 65.9. The first-order valence-corrected chi connectivity index (χ1v) is 37.7. The Labute approximate surface area is 555 Å². The Balaban J connectivity index is 1.65. The molecule has 14 heteroatoms. The second kappa shape index (κ2) is 61.1. The van der Waals surface area contributed by atoms with E-state index in [-0.39, 0.29) is 12.5 Å². The Morgan fingerprint density at radius 2 is 0.758 bits per heavy atom. The van der Waals surface area contributed by atoms with Crippen molar-refractivity contribution in [2.45, 2.75) is 389 Å². The molecule has 0 aromatic heterocycles. The van der Waals surface area contributed by atoms with Crippen LogP contribution in [0.3, 0.4) is 0 Å². The van der Waals surface area contributed by atoms with Gasteiger partial charge in [0.15, 0.2) is 12.6 Å². The van der Waals surface area contributed by atoms with Crippen molar-refractivity contribution in [1.29, 1.82) is 0 Å². The van der Waals surface area contributed by atoms with Gasteiger partial charge in [0, 0.05) is 6.42 Å². The van der Waals surface area contributed by atoms with Crippen molar-refractivity contribution in [2.24, 2.45) is 0 Å². The lowest BCUT2D eigenvalue weighted by Gasteiger charge is -2.46. The molecule has 2 heterocycles. The molecule has 530 valence electrons. The zero-order valence-corrected chi connectivity index (χ0v) is 57.8. The summed E-state index contributed by atoms with van der Waals surface area (Å²) in [5.41, 5.74) is 0. The molecule has 91 heavy (non-hydrogen) atoms. The maximum atomic E-state index is 13.4. The van der Waals surface area contributed by atoms with E-state index in [0.29, 0.717) is 19.3 Å². The van der Waals surface area contributed by atoms with Gasteiger partial charge in [0.2, 0.25) is 5.91 Å². The van der Waals surface area contributed by atoms with Gasteiger partial charge in [-0.1, -0.05) is 318 Å². The first kappa shape index (κ1) is 84.5. The van der Waals surface area contributed by atoms with Crippen LogP contribution in [0.4, 0.5) is 0 Å². The highest BCUT2D eigenvalue weighted by Crippen LogP contribution is 2.30. The number of allylic oxidation sites excluding steroid dienone is 12. The first-order valence-electron chi connectivity index (χ1n) is 37.7. The number of unbranched alkanes of at least 4 members (excludes halogenated alkanes) is 37. The maximum absolute atomic E-state index is 13.4. The van der Waals surface area contributed by atoms with Crippen LogP contribution < -0.4 is 5.32 Å². The second-order valence-electron chi connectivity index (χ2n) is 26.4. The number of nitrogens with one attached hydrogen (secondary N) is 1. The SMILES string of the molecule is CC/C=C\C/C=C\C/C=C\C/C=C\C/C=C\C/C=C\CCCCCCCCCCCCC(=O)NC(COC1OC(CO)C(OC2OC(CO)C(O)C(O)C2O)C(O)C1O)C(O)CCCCCCCCCCCCCCCCCCCCCCCCCCCCCC. The van der Waals surface area contributed by atoms with E-state index in [9.17, 15) is 45.6 Å². The van der Waals surface area contributed by atoms with Crippen molar-refractivity contribution in [1.82, 2.24) is 5.32 Å². The minimum atomic E-state index is -1.79. The van der Waals surface area contributed by atoms with Crippen LogP contribution >= 0.6 is 0 Å². The summed E-state index contributed by atoms with van der Waals surface area (Å²) in [4.78, 5) is 13.4. The third-order valence-corrected chi connectivity index (χ3v) is 18.2. The van der Waals surface area contributed by atoms with Gasteiger partial charge in [0.05, 0.1) is 32.0 Å². The molecule has 0 aliphatic carbocycles. The van der Waals surface area contributed by atoms with E-state index >= 15 is 0 Å². The second-order valence-corrected chi connectivity index (χ2v) is 26.4. The number of ether oxygens (including phenoxy) is 4. The number of aliphatic hydroxyl groups is 8. The summed E-state index contributed by atoms with van der Waals surface area (Å²) < 4.78 is 23.0. The van der Waals surface area contributed by atoms with Gasteiger partial charge in [-0.3, -0.25) is 4.79 Å². The Morgan fingerprint density at radius 1 is 0.407 bits per heavy atom. The maximum Gasteiger partial charge on any atom is 0.220 e. The molecule has 1 amide bonds. The number of hydrogen-bond acceptors (Lipinski definition) is 13. The van der Waals surface area contributed by atoms with Crippen LogP contribution in [0.15, 0.2) is 72.9 Å². The third kappa shape index (κ3) is 44.7. The van der Waals surface area contributed by atoms with Crippen LogP contribution in [0.5, 0.6) is 0 Å². The summed E-state index contributed by atoms with van der Waals surface area (Å²) in [6.07, 6.45) is 66.3. The lowest BCUT2D eigenvalue weighted by Crippen LogP contribution is -2.65. The fraction of sp³-hybridized carbons (Fsp3) is 0.831. The molecule has 2 rings (SSSR count). The summed E-state index contributed by atoms with van der Waals surface area (Å²) in [6.45, 7) is 2.79. The van der Waals surface area contributed by atoms with Crippen LogP contribution in [-0.4, -0.2) is 140 Å². The van der Waals surface area contributed by atoms with Gasteiger partial charge in [-0.05, 0) is 64.2 Å². The highest BCUT2D eigenvalue weighted by Gasteiger charge is 2.51. The van der Waals surface area contributed by atoms with Crippen molar-refractivity contribution < 1.29 is 64.6 Å². The van der Waals surface area contributed by atoms with Crippen molar-refractivity contribution >= 4 is 5.91 Å². The molecular formula is C77H139NO13. The average Bonchev–Trinajstić information content (AvgIpc) is 1.06. The Kier molecular flexibility index (Phi) is 56.7. The number of rotatable bonds is 62. The minimum Gasteiger partial charge on any atom is -0.394 e. The molecule has 0 aromatic carbocycles. The highest BCUT2D eigenvalue weighted by atomic mass is 16.7. The van der Waals surface area contributed by atoms with Crippen molar-refractivity contribution in [3.63, 3.8) is 0 Å². The lowest BCUT2D eigenvalue weighted by molar-refractivity contribution is -0.359. The van der Waals surface area contributed by atoms with Crippen LogP contribution in [0.25, 0.3) is 0 Å². The average molecular weight is 1290 g/mol. The van der Waals surface area contributed by atoms with E-state index in [1.54, 1.807) is 0 Å². The quantitative estimate of drug-likeness (QED) is 0.0204. The first-order chi connectivity index (χ1) is 44.6. The fourth-order valence-electron chi connectivity index (χ4n) is 12.2. The van der Waals surface area contributed by atoms with E-state index in [1.807, 2.05) is 0 Å². The summed E-state index contributed by atoms with van der Waals surface area (Å²) >= 11 is 0. The molecule has 2 fully saturated rings. The minimum absolute atomic E-state index is 0.210. The van der Waals surface area contributed by atoms with Crippen LogP contribution in [0.1, 0.15) is 316 Å². The molecule has 9 N–H and O–H groups in total. The van der Waals surface area contributed by atoms with E-state index < -0.39 is 86.8 Å². The van der Waals surface area contributed by atoms with Gasteiger partial charge in [-0.15, -0.1) is 0 Å². The smallest absolute Gasteiger partial charge is 0.220 e. The molecule has 0 bridgehead atoms. The number of amides is 1. The molecule has 12 unspecified atom stereocenters. The predicted molar refractivity (Wildman–Crippen MR) is 373 cm³/mol. The van der Waals surface area contributed by atoms with Crippen molar-refractivity contribution in [2.75, 3.05) is 19.8 Å². The fourth-order valence-corrected chi connectivity index (χ4v) is 12.2. The Hall–Kier alpha value is -2.57. The van der Waals surface area contributed by atoms with Crippen molar-refractivity contribution in [3.05, 3.63) is 72.9 Å². The monoisotopic (exact) mass is 1290 g/mol. The number of carbonyl (C=O) groups excluding carboxylic acids is 1. The Morgan fingerprint density at radius 3 is 1.16 bits per heavy atom.